The van der Waals surface area contributed by atoms with Gasteiger partial charge in [-0.3, -0.25) is 4.99 Å². The van der Waals surface area contributed by atoms with Crippen molar-refractivity contribution < 1.29 is 9.84 Å². The average molecular weight is 376 g/mol. The molecular weight excluding hydrogens is 352 g/mol. The number of hydrogen-bond donors (Lipinski definition) is 2. The highest BCUT2D eigenvalue weighted by Gasteiger charge is 2.11. The van der Waals surface area contributed by atoms with E-state index in [1.807, 2.05) is 50.2 Å². The molecule has 28 heavy (non-hydrogen) atoms. The van der Waals surface area contributed by atoms with E-state index >= 15 is 0 Å². The molecule has 1 aromatic heterocycles. The maximum atomic E-state index is 9.80. The fourth-order valence-corrected chi connectivity index (χ4v) is 2.88. The van der Waals surface area contributed by atoms with Crippen LogP contribution in [0.25, 0.3) is 0 Å². The van der Waals surface area contributed by atoms with Crippen molar-refractivity contribution in [1.29, 1.82) is 0 Å². The number of aliphatic hydroxyl groups excluding tert-OH is 1. The molecule has 0 aliphatic carbocycles. The normalized spacial score (nSPS) is 12.2. The summed E-state index contributed by atoms with van der Waals surface area (Å²) in [5.74, 6) is 1.63. The molecule has 0 amide bonds. The minimum Gasteiger partial charge on any atom is -0.438 e. The lowest BCUT2D eigenvalue weighted by Crippen LogP contribution is -2.01. The van der Waals surface area contributed by atoms with Crippen molar-refractivity contribution in [1.82, 2.24) is 9.97 Å². The highest BCUT2D eigenvalue weighted by molar-refractivity contribution is 5.80. The van der Waals surface area contributed by atoms with Crippen LogP contribution < -0.4 is 10.1 Å². The van der Waals surface area contributed by atoms with Gasteiger partial charge in [0.05, 0.1) is 6.10 Å². The summed E-state index contributed by atoms with van der Waals surface area (Å²) in [5.41, 5.74) is 4.65. The summed E-state index contributed by atoms with van der Waals surface area (Å²) in [7, 11) is 1.74. The van der Waals surface area contributed by atoms with Gasteiger partial charge in [0, 0.05) is 31.2 Å². The van der Waals surface area contributed by atoms with Gasteiger partial charge in [-0.05, 0) is 67.3 Å². The van der Waals surface area contributed by atoms with Gasteiger partial charge >= 0.3 is 0 Å². The van der Waals surface area contributed by atoms with Gasteiger partial charge in [-0.2, -0.15) is 4.98 Å². The zero-order chi connectivity index (χ0) is 20.1. The molecule has 6 nitrogen and oxygen atoms in total. The van der Waals surface area contributed by atoms with Crippen LogP contribution in [0.4, 0.5) is 11.6 Å². The van der Waals surface area contributed by atoms with Crippen molar-refractivity contribution in [3.05, 3.63) is 70.9 Å². The second kappa shape index (κ2) is 8.63. The van der Waals surface area contributed by atoms with Crippen molar-refractivity contribution in [2.75, 3.05) is 12.4 Å². The van der Waals surface area contributed by atoms with E-state index in [1.54, 1.807) is 32.4 Å². The largest absolute Gasteiger partial charge is 0.438 e. The van der Waals surface area contributed by atoms with Gasteiger partial charge < -0.3 is 15.2 Å². The van der Waals surface area contributed by atoms with E-state index in [2.05, 4.69) is 20.3 Å². The number of rotatable bonds is 6. The Balaban J connectivity index is 1.78. The number of nitrogens with one attached hydrogen (secondary N) is 1. The number of ether oxygens (including phenoxy) is 1. The molecule has 0 radical (unpaired) electrons. The lowest BCUT2D eigenvalue weighted by atomic mass is 10.0. The summed E-state index contributed by atoms with van der Waals surface area (Å²) in [5, 5.41) is 13.0. The van der Waals surface area contributed by atoms with Crippen LogP contribution in [0.3, 0.4) is 0 Å². The summed E-state index contributed by atoms with van der Waals surface area (Å²) in [6, 6.07) is 13.4. The van der Waals surface area contributed by atoms with Gasteiger partial charge in [-0.25, -0.2) is 4.98 Å². The molecule has 0 saturated heterocycles. The first-order chi connectivity index (χ1) is 13.5. The standard InChI is InChI=1S/C22H24N4O2/c1-14-11-18(16(3)27)12-15(2)21(14)28-20-9-10-24-22(26-20)25-19-7-5-17(6-8-19)13-23-4/h5-13,16,27H,1-4H3,(H,24,25,26). The fraction of sp³-hybridized carbons (Fsp3) is 0.227. The fourth-order valence-electron chi connectivity index (χ4n) is 2.88. The van der Waals surface area contributed by atoms with Gasteiger partial charge in [-0.15, -0.1) is 0 Å². The number of aliphatic imine (C=N–C) groups is 1. The van der Waals surface area contributed by atoms with Gasteiger partial charge in [0.1, 0.15) is 5.75 Å². The van der Waals surface area contributed by atoms with Crippen LogP contribution in [0.1, 0.15) is 35.3 Å². The molecule has 3 aromatic rings. The lowest BCUT2D eigenvalue weighted by Gasteiger charge is -2.15. The van der Waals surface area contributed by atoms with E-state index in [1.165, 1.54) is 0 Å². The number of aryl methyl sites for hydroxylation is 2. The number of anilines is 2. The molecule has 1 atom stereocenters. The van der Waals surface area contributed by atoms with E-state index in [4.69, 9.17) is 4.74 Å². The smallest absolute Gasteiger partial charge is 0.230 e. The predicted molar refractivity (Wildman–Crippen MR) is 112 cm³/mol. The Bertz CT molecular complexity index is 959. The van der Waals surface area contributed by atoms with Gasteiger partial charge in [0.15, 0.2) is 0 Å². The third-order valence-corrected chi connectivity index (χ3v) is 4.25. The van der Waals surface area contributed by atoms with E-state index in [0.29, 0.717) is 11.8 Å². The van der Waals surface area contributed by atoms with Crippen LogP contribution in [0.15, 0.2) is 53.7 Å². The first-order valence-electron chi connectivity index (χ1n) is 9.05. The van der Waals surface area contributed by atoms with E-state index < -0.39 is 6.10 Å². The van der Waals surface area contributed by atoms with Crippen molar-refractivity contribution in [3.8, 4) is 11.6 Å². The Morgan fingerprint density at radius 2 is 1.79 bits per heavy atom. The molecule has 1 unspecified atom stereocenters. The molecular formula is C22H24N4O2. The number of benzene rings is 2. The minimum atomic E-state index is -0.517. The van der Waals surface area contributed by atoms with Gasteiger partial charge in [0.25, 0.3) is 0 Å². The Labute approximate surface area is 165 Å². The molecule has 0 aliphatic rings. The summed E-state index contributed by atoms with van der Waals surface area (Å²) in [4.78, 5) is 12.7. The zero-order valence-corrected chi connectivity index (χ0v) is 16.5. The second-order valence-corrected chi connectivity index (χ2v) is 6.61. The van der Waals surface area contributed by atoms with Crippen LogP contribution in [0, 0.1) is 13.8 Å². The lowest BCUT2D eigenvalue weighted by molar-refractivity contribution is 0.199. The van der Waals surface area contributed by atoms with Crippen LogP contribution in [0.5, 0.6) is 11.6 Å². The Kier molecular flexibility index (Phi) is 6.01. The minimum absolute atomic E-state index is 0.447. The van der Waals surface area contributed by atoms with E-state index in [0.717, 1.165) is 33.7 Å². The van der Waals surface area contributed by atoms with Crippen LogP contribution >= 0.6 is 0 Å². The number of nitrogens with zero attached hydrogens (tertiary/aromatic N) is 3. The number of aliphatic hydroxyl groups is 1. The van der Waals surface area contributed by atoms with E-state index in [9.17, 15) is 5.11 Å². The summed E-state index contributed by atoms with van der Waals surface area (Å²) >= 11 is 0. The predicted octanol–water partition coefficient (Wildman–Crippen LogP) is 4.73. The molecule has 2 N–H and O–H groups in total. The zero-order valence-electron chi connectivity index (χ0n) is 16.5. The number of hydrogen-bond acceptors (Lipinski definition) is 6. The molecule has 0 spiro atoms. The van der Waals surface area contributed by atoms with Crippen molar-refractivity contribution >= 4 is 17.9 Å². The Morgan fingerprint density at radius 1 is 1.11 bits per heavy atom. The van der Waals surface area contributed by atoms with Crippen LogP contribution in [-0.4, -0.2) is 28.3 Å². The first kappa shape index (κ1) is 19.5. The highest BCUT2D eigenvalue weighted by Crippen LogP contribution is 2.31. The monoisotopic (exact) mass is 376 g/mol. The molecule has 0 aliphatic heterocycles. The molecule has 3 rings (SSSR count). The third-order valence-electron chi connectivity index (χ3n) is 4.25. The van der Waals surface area contributed by atoms with Gasteiger partial charge in [0.2, 0.25) is 11.8 Å². The Hall–Kier alpha value is -3.25. The third kappa shape index (κ3) is 4.72. The number of aromatic nitrogens is 2. The SMILES string of the molecule is CN=Cc1ccc(Nc2nccc(Oc3c(C)cc(C(C)O)cc3C)n2)cc1. The van der Waals surface area contributed by atoms with Crippen molar-refractivity contribution in [2.45, 2.75) is 26.9 Å². The molecule has 0 saturated carbocycles. The molecule has 0 bridgehead atoms. The summed E-state index contributed by atoms with van der Waals surface area (Å²) in [6.07, 6.45) is 2.93. The van der Waals surface area contributed by atoms with Crippen LogP contribution in [0.2, 0.25) is 0 Å². The van der Waals surface area contributed by atoms with Gasteiger partial charge in [-0.1, -0.05) is 12.1 Å². The maximum Gasteiger partial charge on any atom is 0.230 e. The van der Waals surface area contributed by atoms with Crippen molar-refractivity contribution in [2.24, 2.45) is 4.99 Å². The summed E-state index contributed by atoms with van der Waals surface area (Å²) in [6.45, 7) is 5.66. The van der Waals surface area contributed by atoms with Crippen LogP contribution in [-0.2, 0) is 0 Å². The molecule has 6 heteroatoms. The first-order valence-corrected chi connectivity index (χ1v) is 9.05. The quantitative estimate of drug-likeness (QED) is 0.608. The Morgan fingerprint density at radius 3 is 2.39 bits per heavy atom. The van der Waals surface area contributed by atoms with E-state index in [-0.39, 0.29) is 0 Å². The molecule has 1 heterocycles. The molecule has 2 aromatic carbocycles. The highest BCUT2D eigenvalue weighted by atomic mass is 16.5. The topological polar surface area (TPSA) is 79.6 Å². The molecule has 144 valence electrons. The second-order valence-electron chi connectivity index (χ2n) is 6.61. The summed E-state index contributed by atoms with van der Waals surface area (Å²) < 4.78 is 6.01. The molecule has 0 fully saturated rings. The van der Waals surface area contributed by atoms with Crippen molar-refractivity contribution in [3.63, 3.8) is 0 Å². The average Bonchev–Trinajstić information content (AvgIpc) is 2.66. The maximum absolute atomic E-state index is 9.80.